The highest BCUT2D eigenvalue weighted by atomic mass is 16.5. The van der Waals surface area contributed by atoms with E-state index < -0.39 is 0 Å². The van der Waals surface area contributed by atoms with Crippen molar-refractivity contribution >= 4 is 11.8 Å². The second kappa shape index (κ2) is 11.2. The van der Waals surface area contributed by atoms with Gasteiger partial charge in [-0.25, -0.2) is 0 Å². The summed E-state index contributed by atoms with van der Waals surface area (Å²) in [5, 5.41) is 2.96. The first kappa shape index (κ1) is 23.8. The molecule has 1 atom stereocenters. The maximum absolute atomic E-state index is 13.3. The molecule has 33 heavy (non-hydrogen) atoms. The molecule has 0 bridgehead atoms. The molecule has 0 spiro atoms. The van der Waals surface area contributed by atoms with Crippen LogP contribution in [0.5, 0.6) is 11.8 Å². The number of hydrogen-bond donors (Lipinski definition) is 1. The first-order valence-electron chi connectivity index (χ1n) is 10.7. The van der Waals surface area contributed by atoms with Crippen LogP contribution in [0, 0.1) is 0 Å². The van der Waals surface area contributed by atoms with Crippen molar-refractivity contribution in [2.45, 2.75) is 18.9 Å². The largest absolute Gasteiger partial charge is 0.481 e. The number of aryl methyl sites for hydroxylation is 1. The van der Waals surface area contributed by atoms with E-state index in [4.69, 9.17) is 9.47 Å². The Hall–Kier alpha value is -3.81. The van der Waals surface area contributed by atoms with E-state index in [0.29, 0.717) is 42.4 Å². The smallest absolute Gasteiger partial charge is 0.267 e. The molecule has 2 amide bonds. The molecule has 174 valence electrons. The average molecular weight is 451 g/mol. The lowest BCUT2D eigenvalue weighted by Crippen LogP contribution is -2.41. The second-order valence-corrected chi connectivity index (χ2v) is 7.75. The molecule has 0 saturated carbocycles. The van der Waals surface area contributed by atoms with Gasteiger partial charge in [0.1, 0.15) is 5.69 Å². The number of nitrogens with one attached hydrogen (secondary N) is 1. The van der Waals surface area contributed by atoms with E-state index in [1.54, 1.807) is 34.7 Å². The van der Waals surface area contributed by atoms with Crippen molar-refractivity contribution in [2.75, 3.05) is 27.8 Å². The van der Waals surface area contributed by atoms with E-state index in [1.165, 1.54) is 14.2 Å². The molecule has 0 aliphatic rings. The Morgan fingerprint density at radius 3 is 2.30 bits per heavy atom. The molecule has 8 nitrogen and oxygen atoms in total. The molecular formula is C25H30N4O4. The van der Waals surface area contributed by atoms with Crippen LogP contribution in [0.15, 0.2) is 60.8 Å². The van der Waals surface area contributed by atoms with Gasteiger partial charge in [0.2, 0.25) is 11.8 Å². The average Bonchev–Trinajstić information content (AvgIpc) is 3.28. The molecule has 2 aromatic heterocycles. The van der Waals surface area contributed by atoms with Gasteiger partial charge in [-0.1, -0.05) is 30.3 Å². The summed E-state index contributed by atoms with van der Waals surface area (Å²) in [7, 11) is 6.59. The van der Waals surface area contributed by atoms with Crippen LogP contribution in [-0.2, 0) is 13.5 Å². The third-order valence-corrected chi connectivity index (χ3v) is 5.57. The highest BCUT2D eigenvalue weighted by molar-refractivity contribution is 5.95. The number of aromatic nitrogens is 2. The van der Waals surface area contributed by atoms with Gasteiger partial charge in [0.15, 0.2) is 0 Å². The molecular weight excluding hydrogens is 420 g/mol. The Bertz CT molecular complexity index is 1060. The number of hydrogen-bond acceptors (Lipinski definition) is 5. The second-order valence-electron chi connectivity index (χ2n) is 7.75. The molecule has 0 saturated heterocycles. The van der Waals surface area contributed by atoms with Gasteiger partial charge in [-0.3, -0.25) is 9.59 Å². The SMILES string of the molecule is COc1cc(C(=O)N(C)[C@H](CCNC(=O)c2cccn2C)Cc2ccccc2)cc(OC)n1. The van der Waals surface area contributed by atoms with E-state index in [0.717, 1.165) is 5.56 Å². The number of methoxy groups -OCH3 is 2. The van der Waals surface area contributed by atoms with Gasteiger partial charge in [0.05, 0.1) is 19.8 Å². The van der Waals surface area contributed by atoms with Crippen molar-refractivity contribution < 1.29 is 19.1 Å². The van der Waals surface area contributed by atoms with Crippen LogP contribution in [0.4, 0.5) is 0 Å². The van der Waals surface area contributed by atoms with Crippen molar-refractivity contribution in [2.24, 2.45) is 7.05 Å². The summed E-state index contributed by atoms with van der Waals surface area (Å²) in [5.74, 6) is 0.295. The molecule has 0 fully saturated rings. The summed E-state index contributed by atoms with van der Waals surface area (Å²) in [6.07, 6.45) is 3.08. The zero-order chi connectivity index (χ0) is 23.8. The minimum atomic E-state index is -0.177. The Morgan fingerprint density at radius 2 is 1.73 bits per heavy atom. The minimum absolute atomic E-state index is 0.140. The predicted octanol–water partition coefficient (Wildman–Crippen LogP) is 2.94. The monoisotopic (exact) mass is 450 g/mol. The Morgan fingerprint density at radius 1 is 1.06 bits per heavy atom. The number of carbonyl (C=O) groups is 2. The number of ether oxygens (including phenoxy) is 2. The lowest BCUT2D eigenvalue weighted by atomic mass is 10.0. The molecule has 0 aliphatic heterocycles. The fourth-order valence-corrected chi connectivity index (χ4v) is 3.64. The van der Waals surface area contributed by atoms with Gasteiger partial charge >= 0.3 is 0 Å². The van der Waals surface area contributed by atoms with E-state index in [1.807, 2.05) is 49.6 Å². The summed E-state index contributed by atoms with van der Waals surface area (Å²) >= 11 is 0. The summed E-state index contributed by atoms with van der Waals surface area (Å²) in [6, 6.07) is 16.6. The standard InChI is InChI=1S/C25H30N4O4/c1-28-14-8-11-21(28)24(30)26-13-12-20(15-18-9-6-5-7-10-18)29(2)25(31)19-16-22(32-3)27-23(17-19)33-4/h5-11,14,16-17,20H,12-13,15H2,1-4H3,(H,26,30)/t20-/m1/s1. The number of pyridine rings is 1. The highest BCUT2D eigenvalue weighted by Crippen LogP contribution is 2.21. The van der Waals surface area contributed by atoms with E-state index in [2.05, 4.69) is 10.3 Å². The fourth-order valence-electron chi connectivity index (χ4n) is 3.64. The van der Waals surface area contributed by atoms with Crippen molar-refractivity contribution in [1.29, 1.82) is 0 Å². The summed E-state index contributed by atoms with van der Waals surface area (Å²) in [6.45, 7) is 0.433. The predicted molar refractivity (Wildman–Crippen MR) is 126 cm³/mol. The summed E-state index contributed by atoms with van der Waals surface area (Å²) < 4.78 is 12.2. The maximum Gasteiger partial charge on any atom is 0.267 e. The van der Waals surface area contributed by atoms with Gasteiger partial charge in [-0.15, -0.1) is 0 Å². The molecule has 1 aromatic carbocycles. The van der Waals surface area contributed by atoms with Crippen LogP contribution >= 0.6 is 0 Å². The van der Waals surface area contributed by atoms with E-state index in [9.17, 15) is 9.59 Å². The van der Waals surface area contributed by atoms with Gasteiger partial charge in [-0.2, -0.15) is 4.98 Å². The number of rotatable bonds is 10. The number of likely N-dealkylation sites (N-methyl/N-ethyl adjacent to an activating group) is 1. The zero-order valence-electron chi connectivity index (χ0n) is 19.4. The molecule has 1 N–H and O–H groups in total. The van der Waals surface area contributed by atoms with Crippen LogP contribution in [-0.4, -0.2) is 60.1 Å². The minimum Gasteiger partial charge on any atom is -0.481 e. The van der Waals surface area contributed by atoms with Gasteiger partial charge in [0.25, 0.3) is 11.8 Å². The molecule has 3 aromatic rings. The number of benzene rings is 1. The molecule has 3 rings (SSSR count). The summed E-state index contributed by atoms with van der Waals surface area (Å²) in [5.41, 5.74) is 2.13. The third kappa shape index (κ3) is 6.12. The van der Waals surface area contributed by atoms with Gasteiger partial charge < -0.3 is 24.3 Å². The molecule has 0 unspecified atom stereocenters. The number of amides is 2. The number of carbonyl (C=O) groups excluding carboxylic acids is 2. The molecule has 8 heteroatoms. The quantitative estimate of drug-likeness (QED) is 0.513. The summed E-state index contributed by atoms with van der Waals surface area (Å²) in [4.78, 5) is 31.7. The van der Waals surface area contributed by atoms with E-state index in [-0.39, 0.29) is 17.9 Å². The first-order chi connectivity index (χ1) is 15.9. The molecule has 2 heterocycles. The van der Waals surface area contributed by atoms with Crippen molar-refractivity contribution in [3.63, 3.8) is 0 Å². The molecule has 0 radical (unpaired) electrons. The van der Waals surface area contributed by atoms with Crippen LogP contribution < -0.4 is 14.8 Å². The van der Waals surface area contributed by atoms with Crippen LogP contribution in [0.1, 0.15) is 32.8 Å². The van der Waals surface area contributed by atoms with Crippen LogP contribution in [0.2, 0.25) is 0 Å². The normalized spacial score (nSPS) is 11.5. The Balaban J connectivity index is 1.76. The first-order valence-corrected chi connectivity index (χ1v) is 10.7. The topological polar surface area (TPSA) is 85.7 Å². The highest BCUT2D eigenvalue weighted by Gasteiger charge is 2.23. The fraction of sp³-hybridized carbons (Fsp3) is 0.320. The van der Waals surface area contributed by atoms with Crippen molar-refractivity contribution in [1.82, 2.24) is 19.8 Å². The zero-order valence-corrected chi connectivity index (χ0v) is 19.4. The van der Waals surface area contributed by atoms with E-state index >= 15 is 0 Å². The lowest BCUT2D eigenvalue weighted by Gasteiger charge is -2.29. The van der Waals surface area contributed by atoms with Crippen LogP contribution in [0.3, 0.4) is 0 Å². The van der Waals surface area contributed by atoms with Gasteiger partial charge in [-0.05, 0) is 30.5 Å². The van der Waals surface area contributed by atoms with Gasteiger partial charge in [0, 0.05) is 45.0 Å². The van der Waals surface area contributed by atoms with Crippen molar-refractivity contribution in [3.05, 3.63) is 77.6 Å². The third-order valence-electron chi connectivity index (χ3n) is 5.57. The lowest BCUT2D eigenvalue weighted by molar-refractivity contribution is 0.0721. The Kier molecular flexibility index (Phi) is 8.07. The van der Waals surface area contributed by atoms with Crippen LogP contribution in [0.25, 0.3) is 0 Å². The van der Waals surface area contributed by atoms with Crippen molar-refractivity contribution in [3.8, 4) is 11.8 Å². The number of nitrogens with zero attached hydrogens (tertiary/aromatic N) is 3. The Labute approximate surface area is 194 Å². The molecule has 0 aliphatic carbocycles. The maximum atomic E-state index is 13.3.